The summed E-state index contributed by atoms with van der Waals surface area (Å²) >= 11 is 0. The highest BCUT2D eigenvalue weighted by atomic mass is 32.2. The number of benzene rings is 1. The van der Waals surface area contributed by atoms with Crippen molar-refractivity contribution in [2.45, 2.75) is 24.5 Å². The van der Waals surface area contributed by atoms with Gasteiger partial charge in [0.2, 0.25) is 15.5 Å². The molecular weight excluding hydrogens is 447 g/mol. The molecule has 0 radical (unpaired) electrons. The first-order chi connectivity index (χ1) is 14.5. The molecule has 0 amide bonds. The number of aromatic carboxylic acids is 1. The van der Waals surface area contributed by atoms with Crippen LogP contribution in [0.4, 0.5) is 13.2 Å². The van der Waals surface area contributed by atoms with Crippen molar-refractivity contribution in [3.63, 3.8) is 0 Å². The Hall–Kier alpha value is -3.31. The van der Waals surface area contributed by atoms with Crippen molar-refractivity contribution in [1.29, 1.82) is 0 Å². The molecule has 1 aliphatic heterocycles. The van der Waals surface area contributed by atoms with Gasteiger partial charge in [0.05, 0.1) is 5.25 Å². The zero-order chi connectivity index (χ0) is 22.6. The topological polar surface area (TPSA) is 141 Å². The highest BCUT2D eigenvalue weighted by Crippen LogP contribution is 2.31. The Morgan fingerprint density at radius 2 is 1.90 bits per heavy atom. The number of ether oxygens (including phenoxy) is 3. The summed E-state index contributed by atoms with van der Waals surface area (Å²) in [7, 11) is -3.86. The zero-order valence-corrected chi connectivity index (χ0v) is 16.3. The number of rotatable bonds is 5. The van der Waals surface area contributed by atoms with Gasteiger partial charge in [-0.2, -0.15) is 0 Å². The molecule has 2 N–H and O–H groups in total. The predicted octanol–water partition coefficient (Wildman–Crippen LogP) is 2.10. The normalized spacial score (nSPS) is 15.1. The molecule has 10 nitrogen and oxygen atoms in total. The molecule has 2 heterocycles. The Morgan fingerprint density at radius 1 is 1.23 bits per heavy atom. The fraction of sp³-hybridized carbons (Fsp3) is 0.353. The lowest BCUT2D eigenvalue weighted by Gasteiger charge is -2.19. The third-order valence-electron chi connectivity index (χ3n) is 4.00. The number of aromatic amines is 1. The molecule has 0 unspecified atom stereocenters. The van der Waals surface area contributed by atoms with Crippen LogP contribution >= 0.6 is 0 Å². The van der Waals surface area contributed by atoms with Gasteiger partial charge in [0.1, 0.15) is 11.5 Å². The average molecular weight is 461 g/mol. The van der Waals surface area contributed by atoms with Crippen molar-refractivity contribution >= 4 is 15.8 Å². The second-order valence-corrected chi connectivity index (χ2v) is 8.18. The Balaban J connectivity index is 1.94. The zero-order valence-electron chi connectivity index (χ0n) is 15.5. The first-order valence-corrected chi connectivity index (χ1v) is 10.2. The lowest BCUT2D eigenvalue weighted by molar-refractivity contribution is -0.274. The second-order valence-electron chi connectivity index (χ2n) is 6.22. The molecule has 14 heteroatoms. The van der Waals surface area contributed by atoms with E-state index in [0.29, 0.717) is 0 Å². The van der Waals surface area contributed by atoms with Crippen LogP contribution < -0.4 is 9.47 Å². The van der Waals surface area contributed by atoms with E-state index in [0.717, 1.165) is 18.2 Å². The number of nitrogens with zero attached hydrogens (tertiary/aromatic N) is 2. The summed E-state index contributed by atoms with van der Waals surface area (Å²) < 4.78 is 76.9. The number of halogens is 3. The van der Waals surface area contributed by atoms with Gasteiger partial charge in [0.25, 0.3) is 5.88 Å². The van der Waals surface area contributed by atoms with Crippen LogP contribution in [0.1, 0.15) is 28.9 Å². The molecule has 1 saturated heterocycles. The van der Waals surface area contributed by atoms with Crippen LogP contribution in [0.15, 0.2) is 18.2 Å². The molecule has 0 atom stereocenters. The lowest BCUT2D eigenvalue weighted by Crippen LogP contribution is -2.27. The molecule has 166 valence electrons. The molecule has 0 spiro atoms. The van der Waals surface area contributed by atoms with E-state index >= 15 is 0 Å². The molecule has 1 aliphatic rings. The van der Waals surface area contributed by atoms with Crippen molar-refractivity contribution in [2.24, 2.45) is 0 Å². The number of aromatic nitrogens is 3. The molecule has 31 heavy (non-hydrogen) atoms. The maximum Gasteiger partial charge on any atom is 0.573 e. The monoisotopic (exact) mass is 461 g/mol. The van der Waals surface area contributed by atoms with Gasteiger partial charge in [0.15, 0.2) is 0 Å². The first kappa shape index (κ1) is 22.4. The van der Waals surface area contributed by atoms with Gasteiger partial charge in [-0.25, -0.2) is 18.3 Å². The van der Waals surface area contributed by atoms with Gasteiger partial charge in [-0.1, -0.05) is 10.3 Å². The van der Waals surface area contributed by atoms with E-state index < -0.39 is 44.7 Å². The molecule has 1 fully saturated rings. The largest absolute Gasteiger partial charge is 0.573 e. The van der Waals surface area contributed by atoms with Gasteiger partial charge >= 0.3 is 12.3 Å². The summed E-state index contributed by atoms with van der Waals surface area (Å²) in [4.78, 5) is 11.1. The molecule has 1 aromatic heterocycles. The minimum absolute atomic E-state index is 0.173. The minimum Gasteiger partial charge on any atom is -0.476 e. The van der Waals surface area contributed by atoms with Crippen molar-refractivity contribution in [3.8, 4) is 28.6 Å². The standard InChI is InChI=1S/C17H14F3N3O7S/c18-17(19,20)30-12-8-10(3-6-31(26,27)13-1-4-28-5-2-13)7-11(9-12)29-15-14(16(24)25)21-23-22-15/h7-9,13H,1-2,4-5H2,(H,24,25)(H,21,22,23). The van der Waals surface area contributed by atoms with E-state index in [2.05, 4.69) is 31.3 Å². The number of carbonyl (C=O) groups is 1. The maximum absolute atomic E-state index is 12.7. The Morgan fingerprint density at radius 3 is 2.55 bits per heavy atom. The maximum atomic E-state index is 12.7. The van der Waals surface area contributed by atoms with Crippen LogP contribution in [0.3, 0.4) is 0 Å². The number of carboxylic acids is 1. The van der Waals surface area contributed by atoms with E-state index in [-0.39, 0.29) is 37.4 Å². The van der Waals surface area contributed by atoms with E-state index in [1.807, 2.05) is 0 Å². The number of carboxylic acid groups (broad SMARTS) is 1. The SMILES string of the molecule is O=C(O)c1[nH]nnc1Oc1cc(C#CS(=O)(=O)C2CCOCC2)cc(OC(F)(F)F)c1. The third-order valence-corrected chi connectivity index (χ3v) is 5.74. The van der Waals surface area contributed by atoms with Crippen LogP contribution in [-0.2, 0) is 14.6 Å². The minimum atomic E-state index is -5.04. The van der Waals surface area contributed by atoms with Gasteiger partial charge in [-0.15, -0.1) is 13.2 Å². The number of hydrogen-bond acceptors (Lipinski definition) is 8. The molecule has 2 aromatic rings. The number of H-pyrrole nitrogens is 1. The van der Waals surface area contributed by atoms with E-state index in [4.69, 9.17) is 14.6 Å². The molecule has 3 rings (SSSR count). The van der Waals surface area contributed by atoms with Crippen LogP contribution in [0.25, 0.3) is 0 Å². The fourth-order valence-corrected chi connectivity index (χ4v) is 3.88. The molecule has 0 aliphatic carbocycles. The second kappa shape index (κ2) is 8.82. The van der Waals surface area contributed by atoms with Crippen LogP contribution in [-0.4, -0.2) is 59.7 Å². The van der Waals surface area contributed by atoms with Crippen LogP contribution in [0.5, 0.6) is 17.4 Å². The van der Waals surface area contributed by atoms with Crippen LogP contribution in [0.2, 0.25) is 0 Å². The summed E-state index contributed by atoms with van der Waals surface area (Å²) in [5.41, 5.74) is -0.718. The number of hydrogen-bond donors (Lipinski definition) is 2. The predicted molar refractivity (Wildman–Crippen MR) is 96.2 cm³/mol. The van der Waals surface area contributed by atoms with Crippen molar-refractivity contribution in [1.82, 2.24) is 15.4 Å². The average Bonchev–Trinajstić information content (AvgIpc) is 3.14. The lowest BCUT2D eigenvalue weighted by atomic mass is 10.2. The van der Waals surface area contributed by atoms with Gasteiger partial charge in [0, 0.05) is 30.1 Å². The fourth-order valence-electron chi connectivity index (χ4n) is 2.64. The smallest absolute Gasteiger partial charge is 0.476 e. The van der Waals surface area contributed by atoms with Gasteiger partial charge in [-0.05, 0) is 30.9 Å². The number of sulfone groups is 1. The van der Waals surface area contributed by atoms with E-state index in [1.54, 1.807) is 0 Å². The highest BCUT2D eigenvalue weighted by molar-refractivity contribution is 7.96. The first-order valence-electron chi connectivity index (χ1n) is 8.61. The van der Waals surface area contributed by atoms with Crippen LogP contribution in [0, 0.1) is 11.2 Å². The summed E-state index contributed by atoms with van der Waals surface area (Å²) in [6, 6.07) is 2.79. The summed E-state index contributed by atoms with van der Waals surface area (Å²) in [5.74, 6) is -0.770. The van der Waals surface area contributed by atoms with Crippen molar-refractivity contribution in [2.75, 3.05) is 13.2 Å². The number of nitrogens with one attached hydrogen (secondary N) is 1. The summed E-state index contributed by atoms with van der Waals surface area (Å²) in [6.07, 6.45) is -4.53. The van der Waals surface area contributed by atoms with E-state index in [9.17, 15) is 26.4 Å². The Labute approximate surface area is 173 Å². The Bertz CT molecular complexity index is 1130. The highest BCUT2D eigenvalue weighted by Gasteiger charge is 2.31. The molecule has 0 saturated carbocycles. The third kappa shape index (κ3) is 6.09. The summed E-state index contributed by atoms with van der Waals surface area (Å²) in [6.45, 7) is 0.532. The summed E-state index contributed by atoms with van der Waals surface area (Å²) in [5, 5.41) is 19.1. The van der Waals surface area contributed by atoms with E-state index in [1.165, 1.54) is 0 Å². The Kier molecular flexibility index (Phi) is 6.37. The van der Waals surface area contributed by atoms with Gasteiger partial charge < -0.3 is 19.3 Å². The molecule has 0 bridgehead atoms. The van der Waals surface area contributed by atoms with Crippen molar-refractivity contribution in [3.05, 3.63) is 29.5 Å². The quantitative estimate of drug-likeness (QED) is 0.641. The van der Waals surface area contributed by atoms with Crippen molar-refractivity contribution < 1.29 is 45.7 Å². The number of alkyl halides is 3. The molecule has 1 aromatic carbocycles. The molecular formula is C17H14F3N3O7S. The van der Waals surface area contributed by atoms with Gasteiger partial charge in [-0.3, -0.25) is 0 Å².